The Labute approximate surface area is 113 Å². The summed E-state index contributed by atoms with van der Waals surface area (Å²) in [6, 6.07) is 0. The van der Waals surface area contributed by atoms with Crippen LogP contribution in [0.3, 0.4) is 0 Å². The summed E-state index contributed by atoms with van der Waals surface area (Å²) >= 11 is 0. The number of rotatable bonds is 4. The van der Waals surface area contributed by atoms with E-state index in [0.717, 1.165) is 6.54 Å². The monoisotopic (exact) mass is 252 g/mol. The molecule has 18 heavy (non-hydrogen) atoms. The third kappa shape index (κ3) is 2.60. The number of nitrogens with two attached hydrogens (primary N) is 1. The van der Waals surface area contributed by atoms with Gasteiger partial charge < -0.3 is 5.73 Å². The van der Waals surface area contributed by atoms with Crippen molar-refractivity contribution in [1.29, 1.82) is 0 Å². The minimum Gasteiger partial charge on any atom is -0.329 e. The van der Waals surface area contributed by atoms with Gasteiger partial charge in [0.2, 0.25) is 0 Å². The highest BCUT2D eigenvalue weighted by Gasteiger charge is 2.44. The SMILES string of the molecule is CCC1(CC)CCN(C2(CN)CCCCCC2)C1. The van der Waals surface area contributed by atoms with E-state index in [0.29, 0.717) is 11.0 Å². The number of hydrogen-bond acceptors (Lipinski definition) is 2. The van der Waals surface area contributed by atoms with E-state index in [1.165, 1.54) is 70.9 Å². The van der Waals surface area contributed by atoms with Crippen LogP contribution in [0.5, 0.6) is 0 Å². The molecule has 0 aromatic rings. The molecule has 0 unspecified atom stereocenters. The lowest BCUT2D eigenvalue weighted by molar-refractivity contribution is 0.0872. The molecule has 0 bridgehead atoms. The zero-order chi connectivity index (χ0) is 13.1. The van der Waals surface area contributed by atoms with Crippen LogP contribution in [0, 0.1) is 5.41 Å². The Morgan fingerprint density at radius 3 is 2.00 bits per heavy atom. The van der Waals surface area contributed by atoms with E-state index in [1.807, 2.05) is 0 Å². The zero-order valence-corrected chi connectivity index (χ0v) is 12.5. The summed E-state index contributed by atoms with van der Waals surface area (Å²) in [5, 5.41) is 0. The van der Waals surface area contributed by atoms with Gasteiger partial charge in [-0.3, -0.25) is 4.90 Å². The van der Waals surface area contributed by atoms with Gasteiger partial charge in [-0.1, -0.05) is 39.5 Å². The Kier molecular flexibility index (Phi) is 4.71. The van der Waals surface area contributed by atoms with E-state index in [1.54, 1.807) is 0 Å². The van der Waals surface area contributed by atoms with Crippen LogP contribution >= 0.6 is 0 Å². The van der Waals surface area contributed by atoms with Gasteiger partial charge in [-0.05, 0) is 44.1 Å². The lowest BCUT2D eigenvalue weighted by Crippen LogP contribution is -2.53. The Morgan fingerprint density at radius 2 is 1.56 bits per heavy atom. The smallest absolute Gasteiger partial charge is 0.0331 e. The molecular weight excluding hydrogens is 220 g/mol. The number of nitrogens with zero attached hydrogens (tertiary/aromatic N) is 1. The molecule has 0 amide bonds. The minimum absolute atomic E-state index is 0.350. The Bertz CT molecular complexity index is 250. The topological polar surface area (TPSA) is 29.3 Å². The van der Waals surface area contributed by atoms with Gasteiger partial charge in [0, 0.05) is 18.6 Å². The first kappa shape index (κ1) is 14.3. The predicted octanol–water partition coefficient (Wildman–Crippen LogP) is 3.55. The highest BCUT2D eigenvalue weighted by atomic mass is 15.2. The highest BCUT2D eigenvalue weighted by Crippen LogP contribution is 2.43. The molecule has 0 aromatic heterocycles. The van der Waals surface area contributed by atoms with Gasteiger partial charge in [-0.15, -0.1) is 0 Å². The molecule has 1 aliphatic heterocycles. The van der Waals surface area contributed by atoms with Crippen LogP contribution in [0.15, 0.2) is 0 Å². The van der Waals surface area contributed by atoms with Gasteiger partial charge in [0.25, 0.3) is 0 Å². The van der Waals surface area contributed by atoms with Crippen molar-refractivity contribution in [3.63, 3.8) is 0 Å². The third-order valence-corrected chi connectivity index (χ3v) is 6.02. The molecule has 0 aromatic carbocycles. The molecule has 0 spiro atoms. The zero-order valence-electron chi connectivity index (χ0n) is 12.5. The number of hydrogen-bond donors (Lipinski definition) is 1. The maximum Gasteiger partial charge on any atom is 0.0331 e. The molecule has 2 fully saturated rings. The summed E-state index contributed by atoms with van der Waals surface area (Å²) in [7, 11) is 0. The molecule has 0 radical (unpaired) electrons. The molecule has 1 saturated heterocycles. The second kappa shape index (κ2) is 5.92. The average Bonchev–Trinajstić information content (AvgIpc) is 2.71. The molecule has 2 heteroatoms. The van der Waals surface area contributed by atoms with Crippen LogP contribution in [0.1, 0.15) is 71.6 Å². The van der Waals surface area contributed by atoms with Crippen molar-refractivity contribution in [2.45, 2.75) is 77.2 Å². The fraction of sp³-hybridized carbons (Fsp3) is 1.00. The molecule has 2 N–H and O–H groups in total. The fourth-order valence-electron chi connectivity index (χ4n) is 4.20. The fourth-order valence-corrected chi connectivity index (χ4v) is 4.20. The summed E-state index contributed by atoms with van der Waals surface area (Å²) in [6.45, 7) is 8.21. The van der Waals surface area contributed by atoms with Gasteiger partial charge in [0.05, 0.1) is 0 Å². The Morgan fingerprint density at radius 1 is 0.944 bits per heavy atom. The molecule has 1 saturated carbocycles. The molecule has 1 heterocycles. The lowest BCUT2D eigenvalue weighted by Gasteiger charge is -2.42. The molecule has 0 atom stereocenters. The van der Waals surface area contributed by atoms with Gasteiger partial charge in [-0.2, -0.15) is 0 Å². The van der Waals surface area contributed by atoms with E-state index >= 15 is 0 Å². The van der Waals surface area contributed by atoms with Crippen LogP contribution < -0.4 is 5.73 Å². The number of likely N-dealkylation sites (tertiary alicyclic amines) is 1. The normalized spacial score (nSPS) is 28.2. The van der Waals surface area contributed by atoms with Gasteiger partial charge in [0.15, 0.2) is 0 Å². The van der Waals surface area contributed by atoms with Gasteiger partial charge >= 0.3 is 0 Å². The average molecular weight is 252 g/mol. The third-order valence-electron chi connectivity index (χ3n) is 6.02. The van der Waals surface area contributed by atoms with Crippen molar-refractivity contribution in [1.82, 2.24) is 4.90 Å². The van der Waals surface area contributed by atoms with Crippen LogP contribution in [-0.2, 0) is 0 Å². The van der Waals surface area contributed by atoms with Gasteiger partial charge in [-0.25, -0.2) is 0 Å². The standard InChI is InChI=1S/C16H32N2/c1-3-15(4-2)11-12-18(14-15)16(13-17)9-7-5-6-8-10-16/h3-14,17H2,1-2H3. The first-order chi connectivity index (χ1) is 8.70. The quantitative estimate of drug-likeness (QED) is 0.775. The Hall–Kier alpha value is -0.0800. The first-order valence-electron chi connectivity index (χ1n) is 8.15. The van der Waals surface area contributed by atoms with Crippen molar-refractivity contribution in [2.75, 3.05) is 19.6 Å². The molecule has 2 nitrogen and oxygen atoms in total. The second-order valence-corrected chi connectivity index (χ2v) is 6.72. The predicted molar refractivity (Wildman–Crippen MR) is 78.7 cm³/mol. The van der Waals surface area contributed by atoms with E-state index in [4.69, 9.17) is 5.73 Å². The summed E-state index contributed by atoms with van der Waals surface area (Å²) < 4.78 is 0. The summed E-state index contributed by atoms with van der Waals surface area (Å²) in [4.78, 5) is 2.78. The van der Waals surface area contributed by atoms with E-state index in [-0.39, 0.29) is 0 Å². The van der Waals surface area contributed by atoms with Crippen molar-refractivity contribution in [2.24, 2.45) is 11.1 Å². The van der Waals surface area contributed by atoms with Crippen molar-refractivity contribution < 1.29 is 0 Å². The van der Waals surface area contributed by atoms with E-state index in [9.17, 15) is 0 Å². The van der Waals surface area contributed by atoms with Gasteiger partial charge in [0.1, 0.15) is 0 Å². The van der Waals surface area contributed by atoms with E-state index < -0.39 is 0 Å². The van der Waals surface area contributed by atoms with Crippen LogP contribution in [-0.4, -0.2) is 30.1 Å². The van der Waals surface area contributed by atoms with Crippen molar-refractivity contribution in [3.8, 4) is 0 Å². The largest absolute Gasteiger partial charge is 0.329 e. The summed E-state index contributed by atoms with van der Waals surface area (Å²) in [5.74, 6) is 0. The molecule has 2 rings (SSSR count). The maximum absolute atomic E-state index is 6.22. The minimum atomic E-state index is 0.350. The molecule has 1 aliphatic carbocycles. The second-order valence-electron chi connectivity index (χ2n) is 6.72. The van der Waals surface area contributed by atoms with E-state index in [2.05, 4.69) is 18.7 Å². The maximum atomic E-state index is 6.22. The molecular formula is C16H32N2. The summed E-state index contributed by atoms with van der Waals surface area (Å²) in [5.41, 5.74) is 7.16. The van der Waals surface area contributed by atoms with Crippen LogP contribution in [0.2, 0.25) is 0 Å². The highest BCUT2D eigenvalue weighted by molar-refractivity contribution is 5.00. The first-order valence-corrected chi connectivity index (χ1v) is 8.15. The lowest BCUT2D eigenvalue weighted by atomic mass is 9.81. The Balaban J connectivity index is 2.09. The summed E-state index contributed by atoms with van der Waals surface area (Å²) in [6.07, 6.45) is 12.4. The van der Waals surface area contributed by atoms with Crippen molar-refractivity contribution >= 4 is 0 Å². The van der Waals surface area contributed by atoms with Crippen LogP contribution in [0.4, 0.5) is 0 Å². The molecule has 2 aliphatic rings. The van der Waals surface area contributed by atoms with Crippen molar-refractivity contribution in [3.05, 3.63) is 0 Å². The molecule has 106 valence electrons. The van der Waals surface area contributed by atoms with Crippen LogP contribution in [0.25, 0.3) is 0 Å².